The molecule has 0 saturated carbocycles. The van der Waals surface area contributed by atoms with Gasteiger partial charge >= 0.3 is 5.24 Å². The molecule has 2 aliphatic rings. The molecule has 2 aromatic rings. The highest BCUT2D eigenvalue weighted by Gasteiger charge is 2.26. The molecule has 0 aliphatic carbocycles. The molecule has 2 amide bonds. The number of aliphatic imine (C=N–C) groups is 1. The summed E-state index contributed by atoms with van der Waals surface area (Å²) in [6.07, 6.45) is 11.0. The number of hydrogen-bond acceptors (Lipinski definition) is 7. The quantitative estimate of drug-likeness (QED) is 0.538. The van der Waals surface area contributed by atoms with E-state index in [9.17, 15) is 14.7 Å². The summed E-state index contributed by atoms with van der Waals surface area (Å²) >= 11 is 0.889. The van der Waals surface area contributed by atoms with Crippen LogP contribution < -0.4 is 0 Å². The van der Waals surface area contributed by atoms with Crippen molar-refractivity contribution in [2.75, 3.05) is 0 Å². The number of azo groups is 1. The summed E-state index contributed by atoms with van der Waals surface area (Å²) in [6, 6.07) is 12.4. The Bertz CT molecular complexity index is 1180. The summed E-state index contributed by atoms with van der Waals surface area (Å²) in [5, 5.41) is 17.5. The number of aliphatic hydroxyl groups is 1. The molecule has 9 heteroatoms. The van der Waals surface area contributed by atoms with Crippen LogP contribution in [0.15, 0.2) is 111 Å². The maximum atomic E-state index is 12.0. The fourth-order valence-corrected chi connectivity index (χ4v) is 3.40. The van der Waals surface area contributed by atoms with Crippen molar-refractivity contribution in [1.29, 1.82) is 0 Å². The van der Waals surface area contributed by atoms with Crippen LogP contribution >= 0.6 is 11.8 Å². The van der Waals surface area contributed by atoms with Crippen LogP contribution in [0.3, 0.4) is 0 Å². The number of allylic oxidation sites excluding steroid dienone is 3. The fourth-order valence-electron chi connectivity index (χ4n) is 2.74. The van der Waals surface area contributed by atoms with E-state index in [-0.39, 0.29) is 5.76 Å². The molecule has 8 nitrogen and oxygen atoms in total. The predicted octanol–water partition coefficient (Wildman–Crippen LogP) is 5.09. The second kappa shape index (κ2) is 9.14. The van der Waals surface area contributed by atoms with E-state index in [1.165, 1.54) is 12.4 Å². The number of nitrogens with zero attached hydrogens (tertiary/aromatic N) is 5. The van der Waals surface area contributed by atoms with Gasteiger partial charge in [0.15, 0.2) is 5.84 Å². The molecule has 31 heavy (non-hydrogen) atoms. The van der Waals surface area contributed by atoms with Gasteiger partial charge in [0.1, 0.15) is 5.76 Å². The second-order valence-corrected chi connectivity index (χ2v) is 7.26. The van der Waals surface area contributed by atoms with Gasteiger partial charge in [-0.1, -0.05) is 30.3 Å². The first-order chi connectivity index (χ1) is 15.1. The third-order valence-electron chi connectivity index (χ3n) is 4.24. The number of aliphatic hydroxyl groups excluding tert-OH is 1. The normalized spacial score (nSPS) is 17.0. The number of aromatic nitrogens is 1. The average Bonchev–Trinajstić information content (AvgIpc) is 3.20. The lowest BCUT2D eigenvalue weighted by Gasteiger charge is -2.19. The second-order valence-electron chi connectivity index (χ2n) is 6.27. The molecule has 0 spiro atoms. The van der Waals surface area contributed by atoms with Crippen molar-refractivity contribution in [1.82, 2.24) is 9.88 Å². The van der Waals surface area contributed by atoms with Crippen molar-refractivity contribution in [3.8, 4) is 0 Å². The van der Waals surface area contributed by atoms with Crippen LogP contribution in [-0.4, -0.2) is 32.0 Å². The molecule has 3 heterocycles. The van der Waals surface area contributed by atoms with Crippen LogP contribution in [0.4, 0.5) is 4.79 Å². The largest absolute Gasteiger partial charge is 0.507 e. The van der Waals surface area contributed by atoms with E-state index in [0.717, 1.165) is 11.8 Å². The molecule has 1 aromatic carbocycles. The molecule has 1 N–H and O–H groups in total. The van der Waals surface area contributed by atoms with E-state index in [2.05, 4.69) is 20.2 Å². The summed E-state index contributed by atoms with van der Waals surface area (Å²) in [5.74, 6) is -0.0414. The molecule has 0 saturated heterocycles. The Balaban J connectivity index is 1.50. The van der Waals surface area contributed by atoms with Crippen LogP contribution in [-0.2, 0) is 0 Å². The molecule has 0 fully saturated rings. The van der Waals surface area contributed by atoms with Crippen LogP contribution in [0.25, 0.3) is 5.76 Å². The minimum Gasteiger partial charge on any atom is -0.507 e. The van der Waals surface area contributed by atoms with Gasteiger partial charge in [0, 0.05) is 35.9 Å². The Morgan fingerprint density at radius 1 is 1.06 bits per heavy atom. The Hall–Kier alpha value is -4.11. The van der Waals surface area contributed by atoms with Gasteiger partial charge in [-0.05, 0) is 36.0 Å². The van der Waals surface area contributed by atoms with Crippen LogP contribution in [0, 0.1) is 0 Å². The lowest BCUT2D eigenvalue weighted by atomic mass is 10.1. The number of carbonyl (C=O) groups excluding carboxylic acids is 2. The van der Waals surface area contributed by atoms with Crippen molar-refractivity contribution in [3.05, 3.63) is 107 Å². The van der Waals surface area contributed by atoms with Gasteiger partial charge in [-0.15, -0.1) is 5.11 Å². The van der Waals surface area contributed by atoms with Gasteiger partial charge in [0.05, 0.1) is 16.7 Å². The van der Waals surface area contributed by atoms with Crippen molar-refractivity contribution in [2.24, 2.45) is 15.2 Å². The predicted molar refractivity (Wildman–Crippen MR) is 118 cm³/mol. The third kappa shape index (κ3) is 4.73. The van der Waals surface area contributed by atoms with Crippen molar-refractivity contribution in [3.63, 3.8) is 0 Å². The maximum Gasteiger partial charge on any atom is 0.311 e. The van der Waals surface area contributed by atoms with E-state index in [1.54, 1.807) is 47.8 Å². The zero-order valence-corrected chi connectivity index (χ0v) is 16.8. The lowest BCUT2D eigenvalue weighted by Crippen LogP contribution is -2.20. The molecule has 0 atom stereocenters. The minimum absolute atomic E-state index is 0.144. The van der Waals surface area contributed by atoms with Crippen molar-refractivity contribution in [2.45, 2.75) is 0 Å². The molecule has 2 aliphatic heterocycles. The third-order valence-corrected chi connectivity index (χ3v) is 5.02. The lowest BCUT2D eigenvalue weighted by molar-refractivity contribution is 0.0994. The monoisotopic (exact) mass is 429 g/mol. The van der Waals surface area contributed by atoms with E-state index in [4.69, 9.17) is 0 Å². The summed E-state index contributed by atoms with van der Waals surface area (Å²) in [7, 11) is 0. The summed E-state index contributed by atoms with van der Waals surface area (Å²) < 4.78 is 0. The molecule has 0 radical (unpaired) electrons. The van der Waals surface area contributed by atoms with Gasteiger partial charge < -0.3 is 10.0 Å². The SMILES string of the molecule is O=C1N=C(N2C=CC(=C(O)c3ccccc3)C=C2)/C(=C/N=NC(=O)c2cccnc2)S1. The summed E-state index contributed by atoms with van der Waals surface area (Å²) in [5.41, 5.74) is 1.63. The highest BCUT2D eigenvalue weighted by Crippen LogP contribution is 2.31. The zero-order chi connectivity index (χ0) is 21.6. The maximum absolute atomic E-state index is 12.0. The first-order valence-electron chi connectivity index (χ1n) is 9.11. The van der Waals surface area contributed by atoms with Crippen molar-refractivity contribution >= 4 is 34.5 Å². The number of amides is 2. The van der Waals surface area contributed by atoms with Crippen molar-refractivity contribution < 1.29 is 14.7 Å². The number of carbonyl (C=O) groups is 2. The molecular formula is C22H15N5O3S. The average molecular weight is 429 g/mol. The Kier molecular flexibility index (Phi) is 5.95. The highest BCUT2D eigenvalue weighted by atomic mass is 32.2. The van der Waals surface area contributed by atoms with Gasteiger partial charge in [-0.25, -0.2) is 0 Å². The molecular weight excluding hydrogens is 414 g/mol. The number of pyridine rings is 1. The summed E-state index contributed by atoms with van der Waals surface area (Å²) in [4.78, 5) is 33.8. The van der Waals surface area contributed by atoms with E-state index in [0.29, 0.717) is 27.4 Å². The van der Waals surface area contributed by atoms with Gasteiger partial charge in [0.25, 0.3) is 5.91 Å². The Morgan fingerprint density at radius 2 is 1.81 bits per heavy atom. The van der Waals surface area contributed by atoms with Gasteiger partial charge in [-0.2, -0.15) is 10.1 Å². The van der Waals surface area contributed by atoms with Gasteiger partial charge in [0.2, 0.25) is 0 Å². The number of thioether (sulfide) groups is 1. The van der Waals surface area contributed by atoms with Crippen LogP contribution in [0.2, 0.25) is 0 Å². The number of rotatable bonds is 3. The van der Waals surface area contributed by atoms with E-state index in [1.807, 2.05) is 30.3 Å². The molecule has 0 bridgehead atoms. The number of benzene rings is 1. The minimum atomic E-state index is -0.540. The Labute approximate surface area is 181 Å². The summed E-state index contributed by atoms with van der Waals surface area (Å²) in [6.45, 7) is 0. The topological polar surface area (TPSA) is 108 Å². The first kappa shape index (κ1) is 20.2. The molecule has 1 aromatic heterocycles. The van der Waals surface area contributed by atoms with Crippen LogP contribution in [0.1, 0.15) is 15.9 Å². The standard InChI is InChI=1S/C22H15N5O3S/c28-19(15-5-2-1-3-6-15)16-8-11-27(12-9-16)20-18(31-22(30)25-20)14-24-26-21(29)17-7-4-10-23-13-17/h1-14,28H/b18-14-,26-24?. The van der Waals surface area contributed by atoms with E-state index >= 15 is 0 Å². The Morgan fingerprint density at radius 3 is 2.52 bits per heavy atom. The zero-order valence-electron chi connectivity index (χ0n) is 16.0. The number of amidine groups is 1. The fraction of sp³-hybridized carbons (Fsp3) is 0. The first-order valence-corrected chi connectivity index (χ1v) is 9.93. The molecule has 4 rings (SSSR count). The van der Waals surface area contributed by atoms with Gasteiger partial charge in [-0.3, -0.25) is 14.6 Å². The molecule has 152 valence electrons. The van der Waals surface area contributed by atoms with E-state index < -0.39 is 11.1 Å². The smallest absolute Gasteiger partial charge is 0.311 e. The van der Waals surface area contributed by atoms with Crippen LogP contribution in [0.5, 0.6) is 0 Å². The number of hydrogen-bond donors (Lipinski definition) is 1. The highest BCUT2D eigenvalue weighted by molar-refractivity contribution is 8.18. The molecule has 0 unspecified atom stereocenters.